The van der Waals surface area contributed by atoms with Gasteiger partial charge in [0.15, 0.2) is 6.29 Å². The highest BCUT2D eigenvalue weighted by atomic mass is 19.1. The lowest BCUT2D eigenvalue weighted by Crippen LogP contribution is -2.34. The minimum absolute atomic E-state index is 0.0427. The van der Waals surface area contributed by atoms with Crippen molar-refractivity contribution in [2.24, 2.45) is 0 Å². The van der Waals surface area contributed by atoms with Gasteiger partial charge in [-0.2, -0.15) is 4.39 Å². The predicted molar refractivity (Wildman–Crippen MR) is 86.6 cm³/mol. The number of aldehydes is 1. The van der Waals surface area contributed by atoms with Crippen molar-refractivity contribution in [3.63, 3.8) is 0 Å². The first kappa shape index (κ1) is 17.3. The van der Waals surface area contributed by atoms with Crippen molar-refractivity contribution < 1.29 is 18.7 Å². The maximum absolute atomic E-state index is 13.8. The molecule has 0 aliphatic carbocycles. The smallest absolute Gasteiger partial charge is 0.420 e. The molecule has 24 heavy (non-hydrogen) atoms. The van der Waals surface area contributed by atoms with Crippen LogP contribution in [0.4, 0.5) is 26.5 Å². The van der Waals surface area contributed by atoms with E-state index in [9.17, 15) is 14.0 Å². The highest BCUT2D eigenvalue weighted by Gasteiger charge is 2.26. The van der Waals surface area contributed by atoms with Gasteiger partial charge in [-0.1, -0.05) is 0 Å². The molecule has 7 nitrogen and oxygen atoms in total. The quantitative estimate of drug-likeness (QED) is 0.685. The van der Waals surface area contributed by atoms with Gasteiger partial charge in [0.1, 0.15) is 17.2 Å². The first-order valence-corrected chi connectivity index (χ1v) is 7.07. The van der Waals surface area contributed by atoms with Gasteiger partial charge in [0.05, 0.1) is 17.4 Å². The molecule has 8 heteroatoms. The van der Waals surface area contributed by atoms with Crippen LogP contribution < -0.4 is 10.6 Å². The maximum atomic E-state index is 13.8. The first-order chi connectivity index (χ1) is 11.2. The SMILES string of the molecule is CC(C)(C)OC(=O)N(c1ccc(N)nc1)c1ccc(C=O)c(F)n1. The first-order valence-electron chi connectivity index (χ1n) is 7.07. The maximum Gasteiger partial charge on any atom is 0.420 e. The van der Waals surface area contributed by atoms with Crippen LogP contribution in [-0.4, -0.2) is 27.9 Å². The van der Waals surface area contributed by atoms with Crippen LogP contribution in [0.1, 0.15) is 31.1 Å². The Kier molecular flexibility index (Phi) is 4.77. The summed E-state index contributed by atoms with van der Waals surface area (Å²) in [6, 6.07) is 5.59. The highest BCUT2D eigenvalue weighted by Crippen LogP contribution is 2.26. The number of halogens is 1. The van der Waals surface area contributed by atoms with E-state index in [0.717, 1.165) is 4.90 Å². The summed E-state index contributed by atoms with van der Waals surface area (Å²) in [5.74, 6) is -0.767. The minimum Gasteiger partial charge on any atom is -0.443 e. The molecule has 0 radical (unpaired) electrons. The summed E-state index contributed by atoms with van der Waals surface area (Å²) in [5, 5.41) is 0. The summed E-state index contributed by atoms with van der Waals surface area (Å²) < 4.78 is 19.2. The van der Waals surface area contributed by atoms with E-state index in [2.05, 4.69) is 9.97 Å². The van der Waals surface area contributed by atoms with E-state index >= 15 is 0 Å². The molecule has 0 aromatic carbocycles. The number of nitrogen functional groups attached to an aromatic ring is 1. The molecule has 2 aromatic rings. The molecule has 0 saturated carbocycles. The topological polar surface area (TPSA) is 98.4 Å². The normalized spacial score (nSPS) is 11.0. The molecule has 0 aliphatic rings. The number of hydrogen-bond acceptors (Lipinski definition) is 6. The summed E-state index contributed by atoms with van der Waals surface area (Å²) in [7, 11) is 0. The number of aromatic nitrogens is 2. The van der Waals surface area contributed by atoms with Crippen LogP contribution in [0, 0.1) is 5.95 Å². The summed E-state index contributed by atoms with van der Waals surface area (Å²) in [5.41, 5.74) is 4.86. The molecule has 2 N–H and O–H groups in total. The van der Waals surface area contributed by atoms with E-state index in [-0.39, 0.29) is 17.2 Å². The summed E-state index contributed by atoms with van der Waals surface area (Å²) in [6.07, 6.45) is 0.918. The zero-order chi connectivity index (χ0) is 17.9. The van der Waals surface area contributed by atoms with Gasteiger partial charge in [-0.3, -0.25) is 4.79 Å². The Morgan fingerprint density at radius 2 is 2.00 bits per heavy atom. The summed E-state index contributed by atoms with van der Waals surface area (Å²) >= 11 is 0. The fourth-order valence-electron chi connectivity index (χ4n) is 1.82. The van der Waals surface area contributed by atoms with Gasteiger partial charge in [0, 0.05) is 0 Å². The highest BCUT2D eigenvalue weighted by molar-refractivity contribution is 5.95. The number of carbonyl (C=O) groups is 2. The second-order valence-electron chi connectivity index (χ2n) is 5.92. The van der Waals surface area contributed by atoms with Crippen LogP contribution in [0.25, 0.3) is 0 Å². The van der Waals surface area contributed by atoms with E-state index in [1.807, 2.05) is 0 Å². The Hall–Kier alpha value is -3.03. The van der Waals surface area contributed by atoms with Crippen LogP contribution in [-0.2, 0) is 4.74 Å². The number of anilines is 3. The van der Waals surface area contributed by atoms with E-state index in [1.54, 1.807) is 20.8 Å². The fourth-order valence-corrected chi connectivity index (χ4v) is 1.82. The second-order valence-corrected chi connectivity index (χ2v) is 5.92. The van der Waals surface area contributed by atoms with Crippen molar-refractivity contribution in [1.29, 1.82) is 0 Å². The van der Waals surface area contributed by atoms with Crippen molar-refractivity contribution in [3.05, 3.63) is 42.0 Å². The Labute approximate surface area is 138 Å². The molecular weight excluding hydrogens is 315 g/mol. The lowest BCUT2D eigenvalue weighted by atomic mass is 10.2. The third-order valence-corrected chi connectivity index (χ3v) is 2.82. The van der Waals surface area contributed by atoms with Crippen molar-refractivity contribution >= 4 is 29.7 Å². The number of nitrogens with two attached hydrogens (primary N) is 1. The Morgan fingerprint density at radius 1 is 1.29 bits per heavy atom. The minimum atomic E-state index is -0.987. The van der Waals surface area contributed by atoms with Gasteiger partial charge in [-0.25, -0.2) is 19.7 Å². The Bertz CT molecular complexity index is 757. The van der Waals surface area contributed by atoms with Crippen molar-refractivity contribution in [1.82, 2.24) is 9.97 Å². The zero-order valence-corrected chi connectivity index (χ0v) is 13.5. The third-order valence-electron chi connectivity index (χ3n) is 2.82. The van der Waals surface area contributed by atoms with Gasteiger partial charge in [0.25, 0.3) is 0 Å². The largest absolute Gasteiger partial charge is 0.443 e. The van der Waals surface area contributed by atoms with Crippen LogP contribution in [0.5, 0.6) is 0 Å². The van der Waals surface area contributed by atoms with E-state index in [4.69, 9.17) is 10.5 Å². The second kappa shape index (κ2) is 6.61. The Balaban J connectivity index is 2.50. The molecule has 0 saturated heterocycles. The lowest BCUT2D eigenvalue weighted by molar-refractivity contribution is 0.0598. The predicted octanol–water partition coefficient (Wildman–Crippen LogP) is 3.08. The molecule has 2 rings (SSSR count). The van der Waals surface area contributed by atoms with E-state index < -0.39 is 17.6 Å². The third kappa shape index (κ3) is 4.03. The van der Waals surface area contributed by atoms with Crippen LogP contribution >= 0.6 is 0 Å². The standard InChI is InChI=1S/C16H17FN4O3/c1-16(2,3)24-15(23)21(11-5-6-12(18)19-8-11)13-7-4-10(9-22)14(17)20-13/h4-9H,1-3H3,(H2,18,19). The van der Waals surface area contributed by atoms with Crippen LogP contribution in [0.15, 0.2) is 30.5 Å². The molecule has 0 unspecified atom stereocenters. The summed E-state index contributed by atoms with van der Waals surface area (Å²) in [4.78, 5) is 31.9. The van der Waals surface area contributed by atoms with Gasteiger partial charge >= 0.3 is 6.09 Å². The summed E-state index contributed by atoms with van der Waals surface area (Å²) in [6.45, 7) is 5.11. The van der Waals surface area contributed by atoms with Gasteiger partial charge in [0.2, 0.25) is 5.95 Å². The molecule has 126 valence electrons. The fraction of sp³-hybridized carbons (Fsp3) is 0.250. The van der Waals surface area contributed by atoms with Crippen LogP contribution in [0.3, 0.4) is 0 Å². The van der Waals surface area contributed by atoms with Crippen molar-refractivity contribution in [3.8, 4) is 0 Å². The molecular formula is C16H17FN4O3. The monoisotopic (exact) mass is 332 g/mol. The number of pyridine rings is 2. The van der Waals surface area contributed by atoms with Crippen molar-refractivity contribution in [2.75, 3.05) is 10.6 Å². The molecule has 0 aliphatic heterocycles. The van der Waals surface area contributed by atoms with E-state index in [1.165, 1.54) is 30.5 Å². The number of ether oxygens (including phenoxy) is 1. The van der Waals surface area contributed by atoms with Crippen molar-refractivity contribution in [2.45, 2.75) is 26.4 Å². The van der Waals surface area contributed by atoms with Crippen LogP contribution in [0.2, 0.25) is 0 Å². The number of hydrogen-bond donors (Lipinski definition) is 1. The number of nitrogens with zero attached hydrogens (tertiary/aromatic N) is 3. The van der Waals surface area contributed by atoms with E-state index in [0.29, 0.717) is 12.0 Å². The molecule has 2 aromatic heterocycles. The average Bonchev–Trinajstić information content (AvgIpc) is 2.48. The average molecular weight is 332 g/mol. The molecule has 0 bridgehead atoms. The van der Waals surface area contributed by atoms with Gasteiger partial charge in [-0.05, 0) is 45.0 Å². The number of carbonyl (C=O) groups excluding carboxylic acids is 2. The zero-order valence-electron chi connectivity index (χ0n) is 13.5. The molecule has 2 heterocycles. The number of rotatable bonds is 3. The Morgan fingerprint density at radius 3 is 2.50 bits per heavy atom. The molecule has 0 spiro atoms. The molecule has 0 fully saturated rings. The van der Waals surface area contributed by atoms with Gasteiger partial charge in [-0.15, -0.1) is 0 Å². The number of amides is 1. The van der Waals surface area contributed by atoms with Gasteiger partial charge < -0.3 is 10.5 Å². The molecule has 1 amide bonds. The lowest BCUT2D eigenvalue weighted by Gasteiger charge is -2.26. The molecule has 0 atom stereocenters.